The van der Waals surface area contributed by atoms with Gasteiger partial charge < -0.3 is 24.6 Å². The van der Waals surface area contributed by atoms with E-state index in [1.54, 1.807) is 24.8 Å². The molecular weight excluding hydrogens is 540 g/mol. The van der Waals surface area contributed by atoms with Gasteiger partial charge in [0.05, 0.1) is 25.9 Å². The predicted molar refractivity (Wildman–Crippen MR) is 166 cm³/mol. The number of likely N-dealkylation sites (tertiary alicyclic amines) is 1. The van der Waals surface area contributed by atoms with Gasteiger partial charge in [0.25, 0.3) is 0 Å². The maximum atomic E-state index is 13.7. The van der Waals surface area contributed by atoms with E-state index in [0.717, 1.165) is 44.6 Å². The first kappa shape index (κ1) is 34.4. The summed E-state index contributed by atoms with van der Waals surface area (Å²) >= 11 is 1.63. The van der Waals surface area contributed by atoms with E-state index in [1.807, 2.05) is 11.0 Å². The Morgan fingerprint density at radius 3 is 2.61 bits per heavy atom. The molecule has 2 aliphatic heterocycles. The molecule has 228 valence electrons. The van der Waals surface area contributed by atoms with Crippen LogP contribution in [-0.2, 0) is 14.3 Å². The Bertz CT molecular complexity index is 963. The van der Waals surface area contributed by atoms with Crippen LogP contribution in [0.15, 0.2) is 41.4 Å². The largest absolute Gasteiger partial charge is 0.450 e. The standard InChI is InChI=1S/C30H48N6O4S/c1-5-8-9-10-11-25(4)12-22-41-23-26(27(37)34-30(24-31)13-16-35(15-6-2)17-14-30)32-28(33-29(38)40-7-3)36-18-20-39-21-19-36/h5,8-9,11,26H,1,6-7,10,12-23H2,2-4H3,(H,34,37)(H,32,33,38)/b9-8-,25-11+. The Morgan fingerprint density at radius 2 is 1.98 bits per heavy atom. The van der Waals surface area contributed by atoms with Crippen molar-refractivity contribution in [3.63, 3.8) is 0 Å². The van der Waals surface area contributed by atoms with Gasteiger partial charge in [0.1, 0.15) is 11.6 Å². The number of allylic oxidation sites excluding steroid dienone is 5. The van der Waals surface area contributed by atoms with E-state index >= 15 is 0 Å². The summed E-state index contributed by atoms with van der Waals surface area (Å²) in [5.41, 5.74) is 0.349. The molecule has 1 unspecified atom stereocenters. The number of morpholine rings is 1. The fraction of sp³-hybridized carbons (Fsp3) is 0.667. The summed E-state index contributed by atoms with van der Waals surface area (Å²) in [6, 6.07) is 1.60. The Balaban J connectivity index is 2.20. The zero-order chi connectivity index (χ0) is 29.9. The fourth-order valence-corrected chi connectivity index (χ4v) is 5.66. The number of ether oxygens (including phenoxy) is 2. The SMILES string of the molecule is C=C/C=C\C/C=C(\C)CCSCC(N=C(NC(=O)OCC)N1CCOCC1)C(=O)NC1(C#N)CCN(CCC)CC1. The molecule has 2 aliphatic rings. The molecule has 10 nitrogen and oxygen atoms in total. The van der Waals surface area contributed by atoms with Gasteiger partial charge in [0.15, 0.2) is 0 Å². The number of nitrogens with zero attached hydrogens (tertiary/aromatic N) is 4. The number of amides is 2. The molecule has 0 aromatic heterocycles. The summed E-state index contributed by atoms with van der Waals surface area (Å²) in [5.74, 6) is 1.22. The molecule has 1 atom stereocenters. The van der Waals surface area contributed by atoms with Crippen LogP contribution in [0.3, 0.4) is 0 Å². The van der Waals surface area contributed by atoms with Crippen molar-refractivity contribution < 1.29 is 19.1 Å². The summed E-state index contributed by atoms with van der Waals surface area (Å²) < 4.78 is 10.6. The van der Waals surface area contributed by atoms with Crippen molar-refractivity contribution in [2.75, 3.05) is 64.1 Å². The monoisotopic (exact) mass is 588 g/mol. The molecule has 0 radical (unpaired) electrons. The molecule has 0 aliphatic carbocycles. The Labute approximate surface area is 250 Å². The van der Waals surface area contributed by atoms with Gasteiger partial charge >= 0.3 is 6.09 Å². The second-order valence-corrected chi connectivity index (χ2v) is 11.4. The van der Waals surface area contributed by atoms with Gasteiger partial charge in [-0.1, -0.05) is 43.4 Å². The highest BCUT2D eigenvalue weighted by Crippen LogP contribution is 2.23. The first-order chi connectivity index (χ1) is 19.9. The number of carbonyl (C=O) groups is 2. The van der Waals surface area contributed by atoms with Gasteiger partial charge in [0.2, 0.25) is 11.9 Å². The van der Waals surface area contributed by atoms with E-state index in [4.69, 9.17) is 14.5 Å². The maximum Gasteiger partial charge on any atom is 0.413 e. The number of aliphatic imine (C=N–C) groups is 1. The van der Waals surface area contributed by atoms with Crippen molar-refractivity contribution in [2.24, 2.45) is 4.99 Å². The molecule has 2 fully saturated rings. The molecule has 11 heteroatoms. The second kappa shape index (κ2) is 19.3. The summed E-state index contributed by atoms with van der Waals surface area (Å²) in [4.78, 5) is 35.1. The number of guanidine groups is 1. The van der Waals surface area contributed by atoms with Gasteiger partial charge in [-0.15, -0.1) is 0 Å². The molecule has 2 saturated heterocycles. The number of piperidine rings is 1. The van der Waals surface area contributed by atoms with E-state index in [2.05, 4.69) is 54.2 Å². The first-order valence-electron chi connectivity index (χ1n) is 14.7. The molecule has 2 amide bonds. The summed E-state index contributed by atoms with van der Waals surface area (Å²) in [6.07, 6.45) is 11.2. The Morgan fingerprint density at radius 1 is 1.24 bits per heavy atom. The quantitative estimate of drug-likeness (QED) is 0.103. The molecule has 0 spiro atoms. The van der Waals surface area contributed by atoms with Crippen molar-refractivity contribution >= 4 is 29.7 Å². The van der Waals surface area contributed by atoms with Crippen LogP contribution >= 0.6 is 11.8 Å². The van der Waals surface area contributed by atoms with Crippen LogP contribution in [0.25, 0.3) is 0 Å². The number of hydrogen-bond acceptors (Lipinski definition) is 8. The van der Waals surface area contributed by atoms with E-state index in [1.165, 1.54) is 5.57 Å². The molecule has 0 bridgehead atoms. The van der Waals surface area contributed by atoms with Crippen molar-refractivity contribution in [2.45, 2.75) is 64.5 Å². The smallest absolute Gasteiger partial charge is 0.413 e. The van der Waals surface area contributed by atoms with Gasteiger partial charge in [-0.05, 0) is 58.2 Å². The summed E-state index contributed by atoms with van der Waals surface area (Å²) in [6.45, 7) is 14.5. The third-order valence-electron chi connectivity index (χ3n) is 7.00. The lowest BCUT2D eigenvalue weighted by molar-refractivity contribution is -0.123. The number of rotatable bonds is 14. The lowest BCUT2D eigenvalue weighted by Crippen LogP contribution is -2.57. The van der Waals surface area contributed by atoms with Crippen molar-refractivity contribution in [3.05, 3.63) is 36.5 Å². The number of thioether (sulfide) groups is 1. The zero-order valence-electron chi connectivity index (χ0n) is 25.0. The van der Waals surface area contributed by atoms with E-state index in [0.29, 0.717) is 50.9 Å². The minimum absolute atomic E-state index is 0.220. The molecular formula is C30H48N6O4S. The third-order valence-corrected chi connectivity index (χ3v) is 8.04. The molecule has 0 aromatic rings. The van der Waals surface area contributed by atoms with Crippen LogP contribution in [0.5, 0.6) is 0 Å². The normalized spacial score (nSPS) is 18.9. The Hall–Kier alpha value is -2.81. The number of carbonyl (C=O) groups excluding carboxylic acids is 2. The van der Waals surface area contributed by atoms with Crippen LogP contribution in [0.2, 0.25) is 0 Å². The zero-order valence-corrected chi connectivity index (χ0v) is 25.8. The predicted octanol–water partition coefficient (Wildman–Crippen LogP) is 3.88. The second-order valence-electron chi connectivity index (χ2n) is 10.2. The van der Waals surface area contributed by atoms with Crippen LogP contribution in [-0.4, -0.2) is 103 Å². The van der Waals surface area contributed by atoms with Gasteiger partial charge in [0, 0.05) is 31.9 Å². The first-order valence-corrected chi connectivity index (χ1v) is 15.8. The third kappa shape index (κ3) is 12.7. The average Bonchev–Trinajstić information content (AvgIpc) is 2.98. The van der Waals surface area contributed by atoms with Gasteiger partial charge in [-0.25, -0.2) is 9.79 Å². The molecule has 2 N–H and O–H groups in total. The topological polar surface area (TPSA) is 119 Å². The minimum atomic E-state index is -0.925. The van der Waals surface area contributed by atoms with E-state index in [-0.39, 0.29) is 12.5 Å². The molecule has 0 aromatic carbocycles. The molecule has 0 saturated carbocycles. The van der Waals surface area contributed by atoms with Crippen LogP contribution in [0, 0.1) is 11.3 Å². The highest BCUT2D eigenvalue weighted by atomic mass is 32.2. The number of hydrogen-bond donors (Lipinski definition) is 2. The summed E-state index contributed by atoms with van der Waals surface area (Å²) in [7, 11) is 0. The lowest BCUT2D eigenvalue weighted by atomic mass is 9.88. The Kier molecular flexibility index (Phi) is 16.2. The molecule has 2 rings (SSSR count). The molecule has 41 heavy (non-hydrogen) atoms. The van der Waals surface area contributed by atoms with Crippen molar-refractivity contribution in [1.82, 2.24) is 20.4 Å². The number of nitriles is 1. The number of nitrogens with one attached hydrogen (secondary N) is 2. The van der Waals surface area contributed by atoms with Crippen LogP contribution < -0.4 is 10.6 Å². The minimum Gasteiger partial charge on any atom is -0.450 e. The number of alkyl carbamates (subject to hydrolysis) is 1. The lowest BCUT2D eigenvalue weighted by Gasteiger charge is -2.38. The van der Waals surface area contributed by atoms with E-state index in [9.17, 15) is 14.9 Å². The van der Waals surface area contributed by atoms with Gasteiger partial charge in [-0.2, -0.15) is 17.0 Å². The van der Waals surface area contributed by atoms with Crippen molar-refractivity contribution in [3.8, 4) is 6.07 Å². The van der Waals surface area contributed by atoms with Crippen LogP contribution in [0.1, 0.15) is 52.9 Å². The summed E-state index contributed by atoms with van der Waals surface area (Å²) in [5, 5.41) is 15.9. The van der Waals surface area contributed by atoms with Gasteiger partial charge in [-0.3, -0.25) is 10.1 Å². The van der Waals surface area contributed by atoms with Crippen molar-refractivity contribution in [1.29, 1.82) is 5.26 Å². The van der Waals surface area contributed by atoms with Crippen LogP contribution in [0.4, 0.5) is 4.79 Å². The molecule has 2 heterocycles. The average molecular weight is 589 g/mol. The fourth-order valence-electron chi connectivity index (χ4n) is 4.58. The van der Waals surface area contributed by atoms with E-state index < -0.39 is 17.7 Å². The highest BCUT2D eigenvalue weighted by molar-refractivity contribution is 7.99. The maximum absolute atomic E-state index is 13.7. The highest BCUT2D eigenvalue weighted by Gasteiger charge is 2.38.